The normalized spacial score (nSPS) is 13.1. The molecular formula is C28H52N2O3. The maximum absolute atomic E-state index is 10.3. The zero-order valence-corrected chi connectivity index (χ0v) is 21.5. The van der Waals surface area contributed by atoms with Crippen LogP contribution in [0.25, 0.3) is 0 Å². The van der Waals surface area contributed by atoms with Crippen molar-refractivity contribution in [3.63, 3.8) is 0 Å². The number of phenolic OH excluding ortho intramolecular Hbond substituents is 1. The fourth-order valence-electron chi connectivity index (χ4n) is 4.20. The lowest BCUT2D eigenvalue weighted by Gasteiger charge is -2.19. The van der Waals surface area contributed by atoms with Crippen LogP contribution in [0.2, 0.25) is 0 Å². The number of aromatic hydroxyl groups is 1. The number of benzene rings is 1. The van der Waals surface area contributed by atoms with Crippen LogP contribution in [0.5, 0.6) is 5.75 Å². The van der Waals surface area contributed by atoms with Gasteiger partial charge in [-0.2, -0.15) is 0 Å². The van der Waals surface area contributed by atoms with Gasteiger partial charge in [0.05, 0.1) is 17.9 Å². The maximum atomic E-state index is 10.3. The van der Waals surface area contributed by atoms with Gasteiger partial charge in [-0.3, -0.25) is 0 Å². The summed E-state index contributed by atoms with van der Waals surface area (Å²) in [5, 5.41) is 37.4. The monoisotopic (exact) mass is 464 g/mol. The number of aliphatic hydroxyl groups is 2. The van der Waals surface area contributed by atoms with E-state index in [1.807, 2.05) is 6.07 Å². The molecule has 0 bridgehead atoms. The van der Waals surface area contributed by atoms with Gasteiger partial charge in [0.15, 0.2) is 0 Å². The highest BCUT2D eigenvalue weighted by molar-refractivity contribution is 5.75. The highest BCUT2D eigenvalue weighted by Gasteiger charge is 2.12. The molecule has 5 heteroatoms. The van der Waals surface area contributed by atoms with E-state index in [9.17, 15) is 15.3 Å². The Bertz CT molecular complexity index is 582. The van der Waals surface area contributed by atoms with Crippen LogP contribution in [-0.2, 0) is 0 Å². The van der Waals surface area contributed by atoms with E-state index >= 15 is 0 Å². The number of hydrogen-bond acceptors (Lipinski definition) is 5. The van der Waals surface area contributed by atoms with Crippen LogP contribution in [0.15, 0.2) is 18.2 Å². The SMILES string of the molecule is CCCCCCCCCC(O)CNc1cccc(O)c1NCC(O)CCCCCCCCC. The number of aliphatic hydroxyl groups excluding tert-OH is 2. The van der Waals surface area contributed by atoms with Gasteiger partial charge >= 0.3 is 0 Å². The van der Waals surface area contributed by atoms with E-state index in [1.54, 1.807) is 12.1 Å². The van der Waals surface area contributed by atoms with Crippen molar-refractivity contribution in [2.45, 2.75) is 129 Å². The van der Waals surface area contributed by atoms with Crippen molar-refractivity contribution < 1.29 is 15.3 Å². The first-order valence-corrected chi connectivity index (χ1v) is 13.7. The minimum atomic E-state index is -0.434. The van der Waals surface area contributed by atoms with Crippen LogP contribution in [0.1, 0.15) is 117 Å². The summed E-state index contributed by atoms with van der Waals surface area (Å²) in [6.07, 6.45) is 18.1. The van der Waals surface area contributed by atoms with Crippen LogP contribution in [0.3, 0.4) is 0 Å². The molecule has 5 nitrogen and oxygen atoms in total. The van der Waals surface area contributed by atoms with Gasteiger partial charge in [-0.05, 0) is 25.0 Å². The Morgan fingerprint density at radius 1 is 0.636 bits per heavy atom. The topological polar surface area (TPSA) is 84.8 Å². The van der Waals surface area contributed by atoms with E-state index < -0.39 is 12.2 Å². The third kappa shape index (κ3) is 15.1. The number of nitrogens with one attached hydrogen (secondary N) is 2. The minimum Gasteiger partial charge on any atom is -0.506 e. The number of hydrogen-bond donors (Lipinski definition) is 5. The molecule has 0 aromatic heterocycles. The number of anilines is 2. The number of para-hydroxylation sites is 1. The average molecular weight is 465 g/mol. The largest absolute Gasteiger partial charge is 0.506 e. The van der Waals surface area contributed by atoms with Crippen molar-refractivity contribution in [1.82, 2.24) is 0 Å². The highest BCUT2D eigenvalue weighted by Crippen LogP contribution is 2.31. The number of phenols is 1. The third-order valence-corrected chi connectivity index (χ3v) is 6.37. The summed E-state index contributed by atoms with van der Waals surface area (Å²) < 4.78 is 0. The number of rotatable bonds is 22. The summed E-state index contributed by atoms with van der Waals surface area (Å²) >= 11 is 0. The summed E-state index contributed by atoms with van der Waals surface area (Å²) in [7, 11) is 0. The Hall–Kier alpha value is -1.46. The van der Waals surface area contributed by atoms with Crippen molar-refractivity contribution in [3.05, 3.63) is 18.2 Å². The molecule has 0 fully saturated rings. The van der Waals surface area contributed by atoms with Gasteiger partial charge in [-0.25, -0.2) is 0 Å². The van der Waals surface area contributed by atoms with Crippen molar-refractivity contribution in [2.75, 3.05) is 23.7 Å². The van der Waals surface area contributed by atoms with Gasteiger partial charge in [0.25, 0.3) is 0 Å². The lowest BCUT2D eigenvalue weighted by atomic mass is 10.1. The zero-order valence-electron chi connectivity index (χ0n) is 21.5. The fraction of sp³-hybridized carbons (Fsp3) is 0.786. The van der Waals surface area contributed by atoms with Gasteiger partial charge < -0.3 is 26.0 Å². The Kier molecular flexibility index (Phi) is 17.9. The molecular weight excluding hydrogens is 412 g/mol. The van der Waals surface area contributed by atoms with Gasteiger partial charge in [-0.15, -0.1) is 0 Å². The van der Waals surface area contributed by atoms with E-state index in [0.717, 1.165) is 31.4 Å². The summed E-state index contributed by atoms with van der Waals surface area (Å²) in [5.74, 6) is 0.157. The summed E-state index contributed by atoms with van der Waals surface area (Å²) in [5.41, 5.74) is 1.36. The predicted molar refractivity (Wildman–Crippen MR) is 142 cm³/mol. The molecule has 0 aliphatic rings. The Morgan fingerprint density at radius 2 is 1.09 bits per heavy atom. The zero-order chi connectivity index (χ0) is 24.2. The summed E-state index contributed by atoms with van der Waals surface area (Å²) in [4.78, 5) is 0. The Morgan fingerprint density at radius 3 is 1.61 bits per heavy atom. The molecule has 0 saturated carbocycles. The molecule has 0 amide bonds. The van der Waals surface area contributed by atoms with Crippen molar-refractivity contribution in [3.8, 4) is 5.75 Å². The van der Waals surface area contributed by atoms with Crippen LogP contribution in [-0.4, -0.2) is 40.6 Å². The van der Waals surface area contributed by atoms with E-state index in [1.165, 1.54) is 77.0 Å². The Labute approximate surface area is 203 Å². The van der Waals surface area contributed by atoms with Gasteiger partial charge in [-0.1, -0.05) is 110 Å². The van der Waals surface area contributed by atoms with Gasteiger partial charge in [0.2, 0.25) is 0 Å². The molecule has 0 aliphatic heterocycles. The maximum Gasteiger partial charge on any atom is 0.140 e. The number of unbranched alkanes of at least 4 members (excludes halogenated alkanes) is 12. The molecule has 0 spiro atoms. The van der Waals surface area contributed by atoms with E-state index in [-0.39, 0.29) is 5.75 Å². The second kappa shape index (κ2) is 20.0. The molecule has 2 unspecified atom stereocenters. The standard InChI is InChI=1S/C28H52N2O3/c1-3-5-7-9-11-13-15-18-24(31)22-29-26-20-17-21-27(33)28(26)30-23-25(32)19-16-14-12-10-8-6-4-2/h17,20-21,24-25,29-33H,3-16,18-19,22-23H2,1-2H3. The van der Waals surface area contributed by atoms with Crippen molar-refractivity contribution in [1.29, 1.82) is 0 Å². The first-order chi connectivity index (χ1) is 16.1. The Balaban J connectivity index is 2.28. The molecule has 33 heavy (non-hydrogen) atoms. The molecule has 2 atom stereocenters. The van der Waals surface area contributed by atoms with E-state index in [4.69, 9.17) is 0 Å². The molecule has 1 aromatic carbocycles. The predicted octanol–water partition coefficient (Wildman–Crippen LogP) is 7.22. The molecule has 0 aliphatic carbocycles. The van der Waals surface area contributed by atoms with Gasteiger partial charge in [0, 0.05) is 13.1 Å². The second-order valence-electron chi connectivity index (χ2n) is 9.59. The fourth-order valence-corrected chi connectivity index (χ4v) is 4.20. The third-order valence-electron chi connectivity index (χ3n) is 6.37. The van der Waals surface area contributed by atoms with E-state index in [0.29, 0.717) is 18.8 Å². The molecule has 1 rings (SSSR count). The molecule has 0 saturated heterocycles. The molecule has 192 valence electrons. The highest BCUT2D eigenvalue weighted by atomic mass is 16.3. The molecule has 5 N–H and O–H groups in total. The minimum absolute atomic E-state index is 0.157. The lowest BCUT2D eigenvalue weighted by Crippen LogP contribution is -2.22. The quantitative estimate of drug-likeness (QED) is 0.0924. The summed E-state index contributed by atoms with van der Waals surface area (Å²) in [6.45, 7) is 5.32. The second-order valence-corrected chi connectivity index (χ2v) is 9.59. The lowest BCUT2D eigenvalue weighted by molar-refractivity contribution is 0.172. The van der Waals surface area contributed by atoms with Crippen LogP contribution in [0, 0.1) is 0 Å². The molecule has 0 radical (unpaired) electrons. The molecule has 0 heterocycles. The van der Waals surface area contributed by atoms with Crippen LogP contribution < -0.4 is 10.6 Å². The van der Waals surface area contributed by atoms with Gasteiger partial charge in [0.1, 0.15) is 11.4 Å². The average Bonchev–Trinajstić information content (AvgIpc) is 2.81. The van der Waals surface area contributed by atoms with Crippen LogP contribution in [0.4, 0.5) is 11.4 Å². The smallest absolute Gasteiger partial charge is 0.140 e. The first kappa shape index (κ1) is 29.6. The van der Waals surface area contributed by atoms with Crippen LogP contribution >= 0.6 is 0 Å². The molecule has 1 aromatic rings. The van der Waals surface area contributed by atoms with Crippen molar-refractivity contribution in [2.24, 2.45) is 0 Å². The van der Waals surface area contributed by atoms with E-state index in [2.05, 4.69) is 24.5 Å². The first-order valence-electron chi connectivity index (χ1n) is 13.7. The van der Waals surface area contributed by atoms with Crippen molar-refractivity contribution >= 4 is 11.4 Å². The summed E-state index contributed by atoms with van der Waals surface area (Å²) in [6, 6.07) is 5.33.